The van der Waals surface area contributed by atoms with Crippen LogP contribution in [0, 0.1) is 5.82 Å². The van der Waals surface area contributed by atoms with Gasteiger partial charge in [-0.2, -0.15) is 5.10 Å². The van der Waals surface area contributed by atoms with E-state index in [1.54, 1.807) is 31.5 Å². The summed E-state index contributed by atoms with van der Waals surface area (Å²) in [5, 5.41) is 9.79. The minimum Gasteiger partial charge on any atom is -0.335 e. The number of amides is 2. The zero-order valence-corrected chi connectivity index (χ0v) is 17.3. The minimum absolute atomic E-state index is 0. The van der Waals surface area contributed by atoms with Gasteiger partial charge in [-0.15, -0.1) is 24.8 Å². The van der Waals surface area contributed by atoms with Crippen LogP contribution in [0.3, 0.4) is 0 Å². The highest BCUT2D eigenvalue weighted by Gasteiger charge is 2.22. The number of halogens is 3. The number of nitrogens with one attached hydrogen (secondary N) is 2. The molecule has 28 heavy (non-hydrogen) atoms. The van der Waals surface area contributed by atoms with E-state index in [4.69, 9.17) is 0 Å². The molecule has 1 unspecified atom stereocenters. The lowest BCUT2D eigenvalue weighted by Crippen LogP contribution is -2.38. The van der Waals surface area contributed by atoms with Crippen molar-refractivity contribution in [2.75, 3.05) is 25.5 Å². The van der Waals surface area contributed by atoms with Crippen molar-refractivity contribution in [3.63, 3.8) is 0 Å². The summed E-state index contributed by atoms with van der Waals surface area (Å²) >= 11 is 0. The molecule has 0 saturated heterocycles. The maximum atomic E-state index is 14.6. The fraction of sp³-hybridized carbons (Fsp3) is 0.389. The molecule has 2 heterocycles. The van der Waals surface area contributed by atoms with Crippen LogP contribution in [0.15, 0.2) is 30.6 Å². The summed E-state index contributed by atoms with van der Waals surface area (Å²) in [6.07, 6.45) is 3.86. The molecule has 1 aromatic carbocycles. The van der Waals surface area contributed by atoms with E-state index in [0.717, 1.165) is 5.56 Å². The molecule has 3 rings (SSSR count). The highest BCUT2D eigenvalue weighted by atomic mass is 35.5. The molecule has 0 bridgehead atoms. The van der Waals surface area contributed by atoms with Crippen LogP contribution in [0.4, 0.5) is 10.1 Å². The van der Waals surface area contributed by atoms with E-state index in [2.05, 4.69) is 15.7 Å². The van der Waals surface area contributed by atoms with Crippen molar-refractivity contribution in [1.29, 1.82) is 0 Å². The van der Waals surface area contributed by atoms with Crippen molar-refractivity contribution >= 4 is 42.3 Å². The molecule has 154 valence electrons. The first kappa shape index (κ1) is 23.9. The van der Waals surface area contributed by atoms with Gasteiger partial charge in [-0.1, -0.05) is 6.07 Å². The highest BCUT2D eigenvalue weighted by Crippen LogP contribution is 2.24. The fourth-order valence-corrected chi connectivity index (χ4v) is 3.06. The third-order valence-electron chi connectivity index (χ3n) is 4.52. The predicted octanol–water partition coefficient (Wildman–Crippen LogP) is 2.17. The second kappa shape index (κ2) is 10.4. The number of anilines is 1. The smallest absolute Gasteiger partial charge is 0.247 e. The first-order valence-corrected chi connectivity index (χ1v) is 8.52. The molecule has 0 spiro atoms. The van der Waals surface area contributed by atoms with E-state index in [9.17, 15) is 14.0 Å². The third kappa shape index (κ3) is 5.21. The Morgan fingerprint density at radius 3 is 2.82 bits per heavy atom. The van der Waals surface area contributed by atoms with Crippen LogP contribution in [-0.4, -0.2) is 46.6 Å². The summed E-state index contributed by atoms with van der Waals surface area (Å²) in [6, 6.07) is 4.59. The first-order chi connectivity index (χ1) is 12.5. The Labute approximate surface area is 175 Å². The molecule has 1 atom stereocenters. The molecule has 0 radical (unpaired) electrons. The molecule has 1 aliphatic heterocycles. The largest absolute Gasteiger partial charge is 0.335 e. The van der Waals surface area contributed by atoms with Gasteiger partial charge in [-0.25, -0.2) is 4.39 Å². The Hall–Kier alpha value is -2.16. The van der Waals surface area contributed by atoms with Crippen molar-refractivity contribution in [2.24, 2.45) is 0 Å². The van der Waals surface area contributed by atoms with E-state index in [-0.39, 0.29) is 43.0 Å². The van der Waals surface area contributed by atoms with Gasteiger partial charge in [0.15, 0.2) is 0 Å². The number of likely N-dealkylation sites (N-methyl/N-ethyl adjacent to an activating group) is 1. The van der Waals surface area contributed by atoms with Crippen LogP contribution in [0.5, 0.6) is 0 Å². The lowest BCUT2D eigenvalue weighted by Gasteiger charge is -2.22. The minimum atomic E-state index is -0.518. The van der Waals surface area contributed by atoms with E-state index >= 15 is 0 Å². The Morgan fingerprint density at radius 1 is 1.39 bits per heavy atom. The van der Waals surface area contributed by atoms with Gasteiger partial charge in [0.05, 0.1) is 12.2 Å². The number of rotatable bonds is 5. The molecule has 7 nitrogen and oxygen atoms in total. The number of carbonyl (C=O) groups excluding carboxylic acids is 2. The molecule has 1 aliphatic rings. The Bertz CT molecular complexity index is 817. The average molecular weight is 432 g/mol. The van der Waals surface area contributed by atoms with Crippen molar-refractivity contribution in [3.05, 3.63) is 47.5 Å². The van der Waals surface area contributed by atoms with Gasteiger partial charge in [-0.3, -0.25) is 14.3 Å². The molecule has 1 aromatic heterocycles. The normalized spacial score (nSPS) is 13.4. The van der Waals surface area contributed by atoms with Crippen molar-refractivity contribution < 1.29 is 14.0 Å². The zero-order valence-electron chi connectivity index (χ0n) is 15.6. The van der Waals surface area contributed by atoms with Crippen molar-refractivity contribution in [3.8, 4) is 0 Å². The van der Waals surface area contributed by atoms with E-state index < -0.39 is 17.8 Å². The lowest BCUT2D eigenvalue weighted by atomic mass is 9.99. The van der Waals surface area contributed by atoms with Crippen LogP contribution >= 0.6 is 24.8 Å². The number of fused-ring (bicyclic) bond motifs is 1. The lowest BCUT2D eigenvalue weighted by molar-refractivity contribution is -0.136. The van der Waals surface area contributed by atoms with Crippen molar-refractivity contribution in [2.45, 2.75) is 25.9 Å². The molecule has 2 N–H and O–H groups in total. The van der Waals surface area contributed by atoms with Crippen LogP contribution < -0.4 is 10.6 Å². The van der Waals surface area contributed by atoms with E-state index in [0.29, 0.717) is 25.1 Å². The topological polar surface area (TPSA) is 79.3 Å². The molecular weight excluding hydrogens is 408 g/mol. The molecule has 10 heteroatoms. The van der Waals surface area contributed by atoms with Gasteiger partial charge in [0.1, 0.15) is 11.9 Å². The Balaban J connectivity index is 0.00000196. The molecule has 2 amide bonds. The number of benzene rings is 1. The standard InChI is InChI=1S/C18H22FN5O2.2ClH/c1-12(24-9-3-7-21-24)18(26)23(2)11-16(25)22-15-5-4-13-10-20-8-6-14(13)17(15)19;;/h3-5,7,9,12,20H,6,8,10-11H2,1-2H3,(H,22,25);2*1H. The Kier molecular flexibility index (Phi) is 8.87. The van der Waals surface area contributed by atoms with Crippen LogP contribution in [0.2, 0.25) is 0 Å². The number of carbonyl (C=O) groups is 2. The molecule has 0 saturated carbocycles. The number of hydrogen-bond acceptors (Lipinski definition) is 4. The maximum absolute atomic E-state index is 14.6. The molecule has 0 aliphatic carbocycles. The predicted molar refractivity (Wildman–Crippen MR) is 110 cm³/mol. The first-order valence-electron chi connectivity index (χ1n) is 8.52. The van der Waals surface area contributed by atoms with Gasteiger partial charge in [0, 0.05) is 26.0 Å². The van der Waals surface area contributed by atoms with Crippen molar-refractivity contribution in [1.82, 2.24) is 20.0 Å². The number of nitrogens with zero attached hydrogens (tertiary/aromatic N) is 3. The maximum Gasteiger partial charge on any atom is 0.247 e. The second-order valence-electron chi connectivity index (χ2n) is 6.40. The van der Waals surface area contributed by atoms with Crippen LogP contribution in [-0.2, 0) is 22.6 Å². The summed E-state index contributed by atoms with van der Waals surface area (Å²) in [7, 11) is 1.54. The second-order valence-corrected chi connectivity index (χ2v) is 6.40. The van der Waals surface area contributed by atoms with E-state index in [1.165, 1.54) is 16.6 Å². The quantitative estimate of drug-likeness (QED) is 0.759. The summed E-state index contributed by atoms with van der Waals surface area (Å²) in [5.74, 6) is -1.08. The van der Waals surface area contributed by atoms with Gasteiger partial charge in [0.25, 0.3) is 0 Å². The summed E-state index contributed by atoms with van der Waals surface area (Å²) in [6.45, 7) is 2.89. The van der Waals surface area contributed by atoms with Gasteiger partial charge in [-0.05, 0) is 43.1 Å². The average Bonchev–Trinajstić information content (AvgIpc) is 3.17. The summed E-state index contributed by atoms with van der Waals surface area (Å²) in [4.78, 5) is 25.9. The van der Waals surface area contributed by atoms with Crippen LogP contribution in [0.25, 0.3) is 0 Å². The fourth-order valence-electron chi connectivity index (χ4n) is 3.06. The monoisotopic (exact) mass is 431 g/mol. The van der Waals surface area contributed by atoms with Gasteiger partial charge >= 0.3 is 0 Å². The van der Waals surface area contributed by atoms with Gasteiger partial charge in [0.2, 0.25) is 11.8 Å². The molecule has 2 aromatic rings. The molecule has 0 fully saturated rings. The van der Waals surface area contributed by atoms with Gasteiger partial charge < -0.3 is 15.5 Å². The SMILES string of the molecule is CC(C(=O)N(C)CC(=O)Nc1ccc2c(c1F)CCNC2)n1cccn1.Cl.Cl. The summed E-state index contributed by atoms with van der Waals surface area (Å²) < 4.78 is 16.1. The molecular formula is C18H24Cl2FN5O2. The number of aromatic nitrogens is 2. The zero-order chi connectivity index (χ0) is 18.7. The summed E-state index contributed by atoms with van der Waals surface area (Å²) in [5.41, 5.74) is 1.70. The Morgan fingerprint density at radius 2 is 2.14 bits per heavy atom. The van der Waals surface area contributed by atoms with E-state index in [1.807, 2.05) is 6.07 Å². The number of hydrogen-bond donors (Lipinski definition) is 2. The van der Waals surface area contributed by atoms with Crippen LogP contribution in [0.1, 0.15) is 24.1 Å². The third-order valence-corrected chi connectivity index (χ3v) is 4.52. The highest BCUT2D eigenvalue weighted by molar-refractivity contribution is 5.95.